The topological polar surface area (TPSA) is 89.8 Å². The van der Waals surface area contributed by atoms with Gasteiger partial charge in [0.15, 0.2) is 11.5 Å². The molecule has 0 aliphatic heterocycles. The molecule has 0 saturated carbocycles. The van der Waals surface area contributed by atoms with Crippen LogP contribution in [0, 0.1) is 6.92 Å². The second-order valence-electron chi connectivity index (χ2n) is 7.45. The monoisotopic (exact) mass is 453 g/mol. The Labute approximate surface area is 186 Å². The summed E-state index contributed by atoms with van der Waals surface area (Å²) < 4.78 is 39.0. The van der Waals surface area contributed by atoms with Crippen LogP contribution < -0.4 is 10.9 Å². The highest BCUT2D eigenvalue weighted by Crippen LogP contribution is 2.29. The number of amides is 1. The minimum Gasteiger partial charge on any atom is -0.350 e. The van der Waals surface area contributed by atoms with E-state index in [0.29, 0.717) is 11.4 Å². The molecule has 2 heterocycles. The summed E-state index contributed by atoms with van der Waals surface area (Å²) in [6.07, 6.45) is -1.81. The van der Waals surface area contributed by atoms with Crippen molar-refractivity contribution < 1.29 is 18.0 Å². The summed E-state index contributed by atoms with van der Waals surface area (Å²) in [7, 11) is 0. The van der Waals surface area contributed by atoms with Gasteiger partial charge in [-0.1, -0.05) is 42.0 Å². The molecule has 7 nitrogen and oxygen atoms in total. The Balaban J connectivity index is 1.45. The fraction of sp³-hybridized carbons (Fsp3) is 0.174. The van der Waals surface area contributed by atoms with Gasteiger partial charge in [0.05, 0.1) is 5.56 Å². The molecule has 2 aromatic heterocycles. The van der Waals surface area contributed by atoms with Crippen molar-refractivity contribution in [3.05, 3.63) is 88.1 Å². The number of hydrogen-bond donors (Lipinski definition) is 1. The van der Waals surface area contributed by atoms with Crippen molar-refractivity contribution >= 4 is 16.9 Å². The van der Waals surface area contributed by atoms with Crippen LogP contribution in [0.1, 0.15) is 16.7 Å². The molecule has 0 radical (unpaired) electrons. The molecule has 2 aromatic carbocycles. The summed E-state index contributed by atoms with van der Waals surface area (Å²) in [5, 5.41) is 2.75. The maximum Gasteiger partial charge on any atom is 0.416 e. The van der Waals surface area contributed by atoms with Gasteiger partial charge < -0.3 is 5.32 Å². The highest BCUT2D eigenvalue weighted by atomic mass is 19.4. The lowest BCUT2D eigenvalue weighted by Crippen LogP contribution is -2.32. The van der Waals surface area contributed by atoms with E-state index in [1.165, 1.54) is 24.7 Å². The summed E-state index contributed by atoms with van der Waals surface area (Å²) in [5.74, 6) is -0.0585. The SMILES string of the molecule is Cc1ccc(-c2ncc3c(=O)n(CC(=O)NCc4ccc(C(F)(F)F)cc4)cnc3n2)cc1. The number of hydrogen-bond acceptors (Lipinski definition) is 5. The number of carbonyl (C=O) groups is 1. The molecule has 1 N–H and O–H groups in total. The van der Waals surface area contributed by atoms with E-state index in [4.69, 9.17) is 0 Å². The molecule has 0 saturated heterocycles. The molecule has 0 bridgehead atoms. The maximum absolute atomic E-state index is 12.7. The zero-order chi connectivity index (χ0) is 23.6. The lowest BCUT2D eigenvalue weighted by atomic mass is 10.1. The molecule has 168 valence electrons. The van der Waals surface area contributed by atoms with Crippen LogP contribution in [0.3, 0.4) is 0 Å². The zero-order valence-electron chi connectivity index (χ0n) is 17.4. The number of halogens is 3. The van der Waals surface area contributed by atoms with Gasteiger partial charge in [-0.2, -0.15) is 13.2 Å². The van der Waals surface area contributed by atoms with Crippen LogP contribution in [0.2, 0.25) is 0 Å². The van der Waals surface area contributed by atoms with Crippen LogP contribution >= 0.6 is 0 Å². The number of aromatic nitrogens is 4. The molecule has 33 heavy (non-hydrogen) atoms. The van der Waals surface area contributed by atoms with Gasteiger partial charge in [-0.25, -0.2) is 15.0 Å². The Morgan fingerprint density at radius 2 is 1.73 bits per heavy atom. The van der Waals surface area contributed by atoms with Gasteiger partial charge in [-0.15, -0.1) is 0 Å². The second kappa shape index (κ2) is 8.81. The summed E-state index contributed by atoms with van der Waals surface area (Å²) in [4.78, 5) is 37.7. The summed E-state index contributed by atoms with van der Waals surface area (Å²) in [6, 6.07) is 12.1. The van der Waals surface area contributed by atoms with Crippen molar-refractivity contribution in [2.75, 3.05) is 0 Å². The summed E-state index contributed by atoms with van der Waals surface area (Å²) in [6.45, 7) is 1.69. The largest absolute Gasteiger partial charge is 0.416 e. The van der Waals surface area contributed by atoms with E-state index in [2.05, 4.69) is 20.3 Å². The fourth-order valence-corrected chi connectivity index (χ4v) is 3.13. The predicted octanol–water partition coefficient (Wildman–Crippen LogP) is 3.50. The van der Waals surface area contributed by atoms with Gasteiger partial charge in [0.1, 0.15) is 18.3 Å². The van der Waals surface area contributed by atoms with E-state index in [1.807, 2.05) is 31.2 Å². The van der Waals surface area contributed by atoms with E-state index < -0.39 is 23.2 Å². The van der Waals surface area contributed by atoms with Gasteiger partial charge in [0.2, 0.25) is 5.91 Å². The zero-order valence-corrected chi connectivity index (χ0v) is 17.4. The van der Waals surface area contributed by atoms with Crippen LogP contribution in [0.15, 0.2) is 65.8 Å². The van der Waals surface area contributed by atoms with Crippen molar-refractivity contribution in [2.24, 2.45) is 0 Å². The van der Waals surface area contributed by atoms with Crippen molar-refractivity contribution in [1.82, 2.24) is 24.8 Å². The third-order valence-electron chi connectivity index (χ3n) is 4.97. The second-order valence-corrected chi connectivity index (χ2v) is 7.45. The minimum absolute atomic E-state index is 0.0236. The third-order valence-corrected chi connectivity index (χ3v) is 4.97. The van der Waals surface area contributed by atoms with Crippen LogP contribution in [0.5, 0.6) is 0 Å². The van der Waals surface area contributed by atoms with Crippen LogP contribution in [-0.4, -0.2) is 25.4 Å². The van der Waals surface area contributed by atoms with Crippen LogP contribution in [0.4, 0.5) is 13.2 Å². The quantitative estimate of drug-likeness (QED) is 0.500. The van der Waals surface area contributed by atoms with E-state index in [9.17, 15) is 22.8 Å². The molecule has 0 aliphatic rings. The Bertz CT molecular complexity index is 1360. The van der Waals surface area contributed by atoms with Crippen molar-refractivity contribution in [1.29, 1.82) is 0 Å². The Hall–Kier alpha value is -4.08. The van der Waals surface area contributed by atoms with Crippen molar-refractivity contribution in [3.63, 3.8) is 0 Å². The lowest BCUT2D eigenvalue weighted by Gasteiger charge is -2.10. The molecule has 10 heteroatoms. The summed E-state index contributed by atoms with van der Waals surface area (Å²) >= 11 is 0. The van der Waals surface area contributed by atoms with Crippen molar-refractivity contribution in [3.8, 4) is 11.4 Å². The first kappa shape index (κ1) is 22.1. The van der Waals surface area contributed by atoms with E-state index >= 15 is 0 Å². The molecule has 0 atom stereocenters. The maximum atomic E-state index is 12.7. The Morgan fingerprint density at radius 1 is 1.03 bits per heavy atom. The third kappa shape index (κ3) is 5.05. The normalized spacial score (nSPS) is 11.5. The first-order valence-corrected chi connectivity index (χ1v) is 9.93. The number of alkyl halides is 3. The van der Waals surface area contributed by atoms with E-state index in [0.717, 1.165) is 27.8 Å². The van der Waals surface area contributed by atoms with E-state index in [-0.39, 0.29) is 24.1 Å². The molecular weight excluding hydrogens is 435 g/mol. The molecule has 4 rings (SSSR count). The summed E-state index contributed by atoms with van der Waals surface area (Å²) in [5.41, 5.74) is 1.36. The number of fused-ring (bicyclic) bond motifs is 1. The molecule has 0 fully saturated rings. The molecule has 1 amide bonds. The molecule has 4 aromatic rings. The number of benzene rings is 2. The van der Waals surface area contributed by atoms with Crippen molar-refractivity contribution in [2.45, 2.75) is 26.2 Å². The van der Waals surface area contributed by atoms with Gasteiger partial charge in [0, 0.05) is 18.3 Å². The smallest absolute Gasteiger partial charge is 0.350 e. The molecule has 0 unspecified atom stereocenters. The van der Waals surface area contributed by atoms with Crippen LogP contribution in [0.25, 0.3) is 22.4 Å². The predicted molar refractivity (Wildman–Crippen MR) is 115 cm³/mol. The standard InChI is InChI=1S/C23H18F3N5O2/c1-14-2-6-16(7-3-14)20-28-11-18-21(30-20)29-13-31(22(18)33)12-19(32)27-10-15-4-8-17(9-5-15)23(24,25)26/h2-9,11,13H,10,12H2,1H3,(H,27,32). The number of rotatable bonds is 5. The highest BCUT2D eigenvalue weighted by Gasteiger charge is 2.29. The molecule has 0 spiro atoms. The molecular formula is C23H18F3N5O2. The molecule has 0 aliphatic carbocycles. The number of aryl methyl sites for hydroxylation is 1. The van der Waals surface area contributed by atoms with E-state index in [1.54, 1.807) is 0 Å². The number of nitrogens with zero attached hydrogens (tertiary/aromatic N) is 4. The minimum atomic E-state index is -4.42. The van der Waals surface area contributed by atoms with Gasteiger partial charge >= 0.3 is 6.18 Å². The Morgan fingerprint density at radius 3 is 2.39 bits per heavy atom. The van der Waals surface area contributed by atoms with Gasteiger partial charge in [0.25, 0.3) is 5.56 Å². The average Bonchev–Trinajstić information content (AvgIpc) is 2.79. The fourth-order valence-electron chi connectivity index (χ4n) is 3.13. The number of carbonyl (C=O) groups excluding carboxylic acids is 1. The Kier molecular flexibility index (Phi) is 5.91. The first-order chi connectivity index (χ1) is 15.7. The first-order valence-electron chi connectivity index (χ1n) is 9.93. The average molecular weight is 453 g/mol. The number of nitrogens with one attached hydrogen (secondary N) is 1. The van der Waals surface area contributed by atoms with Crippen LogP contribution in [-0.2, 0) is 24.1 Å². The highest BCUT2D eigenvalue weighted by molar-refractivity contribution is 5.77. The lowest BCUT2D eigenvalue weighted by molar-refractivity contribution is -0.137. The van der Waals surface area contributed by atoms with Gasteiger partial charge in [-0.3, -0.25) is 14.2 Å². The van der Waals surface area contributed by atoms with Gasteiger partial charge in [-0.05, 0) is 24.6 Å².